The van der Waals surface area contributed by atoms with Crippen LogP contribution in [0, 0.1) is 16.7 Å². The summed E-state index contributed by atoms with van der Waals surface area (Å²) in [6, 6.07) is 5.26. The first kappa shape index (κ1) is 19.6. The third kappa shape index (κ3) is 4.58. The van der Waals surface area contributed by atoms with Gasteiger partial charge in [0, 0.05) is 13.2 Å². The second-order valence-corrected chi connectivity index (χ2v) is 7.30. The highest BCUT2D eigenvalue weighted by molar-refractivity contribution is 6.06. The minimum Gasteiger partial charge on any atom is -0.459 e. The van der Waals surface area contributed by atoms with Crippen molar-refractivity contribution in [1.29, 1.82) is 5.26 Å². The molecular weight excluding hydrogens is 362 g/mol. The average Bonchev–Trinajstić information content (AvgIpc) is 3.37. The summed E-state index contributed by atoms with van der Waals surface area (Å²) in [7, 11) is 0. The number of hydrogen-bond acceptors (Lipinski definition) is 6. The van der Waals surface area contributed by atoms with Gasteiger partial charge in [0.15, 0.2) is 11.5 Å². The standard InChI is InChI=1S/C19H23N5O4/c1-19(2,11-20)12-21-18(26)16-13(22-17(25)14-6-5-9-27-14)10-24(23-16)15-7-3-4-8-28-15/h5-6,9-10,15H,3-4,7-8,12H2,1-2H3,(H,21,26)(H,22,25). The molecule has 0 aliphatic carbocycles. The third-order valence-electron chi connectivity index (χ3n) is 4.38. The number of carbonyl (C=O) groups is 2. The van der Waals surface area contributed by atoms with Crippen molar-refractivity contribution in [3.05, 3.63) is 36.0 Å². The molecule has 1 aliphatic rings. The summed E-state index contributed by atoms with van der Waals surface area (Å²) in [5.74, 6) is -0.841. The van der Waals surface area contributed by atoms with Crippen LogP contribution in [-0.4, -0.2) is 34.7 Å². The van der Waals surface area contributed by atoms with Crippen molar-refractivity contribution < 1.29 is 18.7 Å². The molecule has 148 valence electrons. The van der Waals surface area contributed by atoms with Gasteiger partial charge in [0.25, 0.3) is 11.8 Å². The Hall–Kier alpha value is -3.12. The maximum Gasteiger partial charge on any atom is 0.291 e. The van der Waals surface area contributed by atoms with Crippen LogP contribution in [-0.2, 0) is 4.74 Å². The first-order valence-electron chi connectivity index (χ1n) is 9.15. The van der Waals surface area contributed by atoms with Gasteiger partial charge in [-0.05, 0) is 45.2 Å². The molecule has 9 heteroatoms. The SMILES string of the molecule is CC(C)(C#N)CNC(=O)c1nn(C2CCCCO2)cc1NC(=O)c1ccco1. The molecule has 1 aliphatic heterocycles. The maximum absolute atomic E-state index is 12.7. The molecule has 2 aromatic heterocycles. The largest absolute Gasteiger partial charge is 0.459 e. The van der Waals surface area contributed by atoms with E-state index < -0.39 is 17.2 Å². The molecule has 28 heavy (non-hydrogen) atoms. The van der Waals surface area contributed by atoms with Crippen LogP contribution in [0.2, 0.25) is 0 Å². The molecule has 0 saturated carbocycles. The summed E-state index contributed by atoms with van der Waals surface area (Å²) in [4.78, 5) is 25.0. The number of hydrogen-bond donors (Lipinski definition) is 2. The van der Waals surface area contributed by atoms with Crippen LogP contribution >= 0.6 is 0 Å². The zero-order valence-electron chi connectivity index (χ0n) is 15.9. The molecule has 1 atom stereocenters. The van der Waals surface area contributed by atoms with Crippen molar-refractivity contribution >= 4 is 17.5 Å². The Bertz CT molecular complexity index is 873. The first-order valence-corrected chi connectivity index (χ1v) is 9.15. The van der Waals surface area contributed by atoms with Gasteiger partial charge in [-0.2, -0.15) is 10.4 Å². The summed E-state index contributed by atoms with van der Waals surface area (Å²) < 4.78 is 12.4. The topological polar surface area (TPSA) is 122 Å². The van der Waals surface area contributed by atoms with Crippen LogP contribution in [0.4, 0.5) is 5.69 Å². The maximum atomic E-state index is 12.7. The Labute approximate surface area is 162 Å². The predicted octanol–water partition coefficient (Wildman–Crippen LogP) is 2.71. The van der Waals surface area contributed by atoms with Crippen LogP contribution in [0.3, 0.4) is 0 Å². The van der Waals surface area contributed by atoms with Gasteiger partial charge in [-0.1, -0.05) is 0 Å². The second kappa shape index (κ2) is 8.27. The zero-order chi connectivity index (χ0) is 20.1. The molecule has 3 rings (SSSR count). The fourth-order valence-corrected chi connectivity index (χ4v) is 2.75. The number of furan rings is 1. The van der Waals surface area contributed by atoms with Gasteiger partial charge in [0.1, 0.15) is 6.23 Å². The molecule has 1 fully saturated rings. The molecule has 3 heterocycles. The summed E-state index contributed by atoms with van der Waals surface area (Å²) in [5.41, 5.74) is -0.409. The molecule has 0 bridgehead atoms. The van der Waals surface area contributed by atoms with Crippen molar-refractivity contribution in [1.82, 2.24) is 15.1 Å². The van der Waals surface area contributed by atoms with E-state index in [1.165, 1.54) is 12.3 Å². The van der Waals surface area contributed by atoms with E-state index in [0.717, 1.165) is 19.3 Å². The molecule has 2 N–H and O–H groups in total. The predicted molar refractivity (Wildman–Crippen MR) is 99.5 cm³/mol. The lowest BCUT2D eigenvalue weighted by Crippen LogP contribution is -2.34. The summed E-state index contributed by atoms with van der Waals surface area (Å²) in [6.45, 7) is 4.22. The van der Waals surface area contributed by atoms with Gasteiger partial charge in [-0.15, -0.1) is 0 Å². The van der Waals surface area contributed by atoms with Gasteiger partial charge in [-0.3, -0.25) is 9.59 Å². The van der Waals surface area contributed by atoms with Crippen LogP contribution in [0.1, 0.15) is 60.4 Å². The van der Waals surface area contributed by atoms with Crippen molar-refractivity contribution in [2.75, 3.05) is 18.5 Å². The molecule has 1 saturated heterocycles. The number of ether oxygens (including phenoxy) is 1. The van der Waals surface area contributed by atoms with Crippen molar-refractivity contribution in [3.63, 3.8) is 0 Å². The van der Waals surface area contributed by atoms with Crippen molar-refractivity contribution in [3.8, 4) is 6.07 Å². The molecule has 9 nitrogen and oxygen atoms in total. The number of nitrogens with one attached hydrogen (secondary N) is 2. The Morgan fingerprint density at radius 1 is 1.39 bits per heavy atom. The Kier molecular flexibility index (Phi) is 5.80. The number of nitrogens with zero attached hydrogens (tertiary/aromatic N) is 3. The van der Waals surface area contributed by atoms with Crippen LogP contribution in [0.15, 0.2) is 29.0 Å². The van der Waals surface area contributed by atoms with E-state index in [4.69, 9.17) is 14.4 Å². The number of nitriles is 1. The highest BCUT2D eigenvalue weighted by Crippen LogP contribution is 2.25. The number of aromatic nitrogens is 2. The van der Waals surface area contributed by atoms with E-state index in [9.17, 15) is 9.59 Å². The third-order valence-corrected chi connectivity index (χ3v) is 4.38. The Morgan fingerprint density at radius 3 is 2.86 bits per heavy atom. The monoisotopic (exact) mass is 385 g/mol. The zero-order valence-corrected chi connectivity index (χ0v) is 15.9. The van der Waals surface area contributed by atoms with E-state index in [0.29, 0.717) is 6.61 Å². The highest BCUT2D eigenvalue weighted by Gasteiger charge is 2.26. The van der Waals surface area contributed by atoms with Crippen molar-refractivity contribution in [2.45, 2.75) is 39.3 Å². The van der Waals surface area contributed by atoms with Crippen molar-refractivity contribution in [2.24, 2.45) is 5.41 Å². The van der Waals surface area contributed by atoms with E-state index in [1.54, 1.807) is 30.8 Å². The second-order valence-electron chi connectivity index (χ2n) is 7.30. The van der Waals surface area contributed by atoms with Crippen LogP contribution < -0.4 is 10.6 Å². The Morgan fingerprint density at radius 2 is 2.21 bits per heavy atom. The average molecular weight is 385 g/mol. The fourth-order valence-electron chi connectivity index (χ4n) is 2.75. The molecule has 0 radical (unpaired) electrons. The lowest BCUT2D eigenvalue weighted by atomic mass is 9.96. The molecule has 2 aromatic rings. The highest BCUT2D eigenvalue weighted by atomic mass is 16.5. The molecule has 2 amide bonds. The minimum absolute atomic E-state index is 0.0582. The number of carbonyl (C=O) groups excluding carboxylic acids is 2. The smallest absolute Gasteiger partial charge is 0.291 e. The lowest BCUT2D eigenvalue weighted by molar-refractivity contribution is -0.0395. The summed E-state index contributed by atoms with van der Waals surface area (Å²) >= 11 is 0. The van der Waals surface area contributed by atoms with Gasteiger partial charge in [0.05, 0.1) is 29.6 Å². The van der Waals surface area contributed by atoms with Gasteiger partial charge < -0.3 is 19.8 Å². The summed E-state index contributed by atoms with van der Waals surface area (Å²) in [5, 5.41) is 18.8. The fraction of sp³-hybridized carbons (Fsp3) is 0.474. The van der Waals surface area contributed by atoms with Gasteiger partial charge in [0.2, 0.25) is 0 Å². The molecule has 0 spiro atoms. The van der Waals surface area contributed by atoms with Gasteiger partial charge in [-0.25, -0.2) is 4.68 Å². The minimum atomic E-state index is -0.720. The first-order chi connectivity index (χ1) is 13.4. The summed E-state index contributed by atoms with van der Waals surface area (Å²) in [6.07, 6.45) is 5.44. The molecule has 0 aromatic carbocycles. The van der Waals surface area contributed by atoms with E-state index in [2.05, 4.69) is 21.8 Å². The molecular formula is C19H23N5O4. The van der Waals surface area contributed by atoms with E-state index >= 15 is 0 Å². The Balaban J connectivity index is 1.83. The lowest BCUT2D eigenvalue weighted by Gasteiger charge is -2.22. The van der Waals surface area contributed by atoms with Crippen LogP contribution in [0.25, 0.3) is 0 Å². The number of anilines is 1. The quantitative estimate of drug-likeness (QED) is 0.788. The number of amides is 2. The normalized spacial score (nSPS) is 17.0. The van der Waals surface area contributed by atoms with Crippen LogP contribution in [0.5, 0.6) is 0 Å². The van der Waals surface area contributed by atoms with Gasteiger partial charge >= 0.3 is 0 Å². The molecule has 1 unspecified atom stereocenters. The van der Waals surface area contributed by atoms with E-state index in [1.807, 2.05) is 0 Å². The number of rotatable bonds is 6. The van der Waals surface area contributed by atoms with E-state index in [-0.39, 0.29) is 29.9 Å².